The fourth-order valence-corrected chi connectivity index (χ4v) is 1.99. The molecule has 0 aromatic rings. The summed E-state index contributed by atoms with van der Waals surface area (Å²) in [4.78, 5) is 24.3. The van der Waals surface area contributed by atoms with E-state index in [4.69, 9.17) is 0 Å². The molecule has 1 heterocycles. The second kappa shape index (κ2) is 5.16. The van der Waals surface area contributed by atoms with E-state index >= 15 is 0 Å². The zero-order chi connectivity index (χ0) is 14.0. The lowest BCUT2D eigenvalue weighted by Gasteiger charge is -2.22. The highest BCUT2D eigenvalue weighted by atomic mass is 19.4. The Morgan fingerprint density at radius 1 is 1.39 bits per heavy atom. The van der Waals surface area contributed by atoms with Crippen molar-refractivity contribution in [3.8, 4) is 0 Å². The van der Waals surface area contributed by atoms with Gasteiger partial charge in [0.1, 0.15) is 0 Å². The number of rotatable bonds is 3. The molecule has 0 bridgehead atoms. The monoisotopic (exact) mass is 267 g/mol. The summed E-state index contributed by atoms with van der Waals surface area (Å²) in [5.41, 5.74) is -0.803. The third-order valence-corrected chi connectivity index (χ3v) is 3.13. The van der Waals surface area contributed by atoms with E-state index in [2.05, 4.69) is 4.74 Å². The van der Waals surface area contributed by atoms with Crippen molar-refractivity contribution >= 4 is 11.9 Å². The average molecular weight is 267 g/mol. The van der Waals surface area contributed by atoms with Gasteiger partial charge in [0.05, 0.1) is 18.9 Å². The van der Waals surface area contributed by atoms with Crippen LogP contribution < -0.4 is 0 Å². The Labute approximate surface area is 103 Å². The Balaban J connectivity index is 2.51. The van der Waals surface area contributed by atoms with Crippen LogP contribution in [0.1, 0.15) is 26.2 Å². The molecule has 1 aliphatic heterocycles. The molecule has 0 spiro atoms. The smallest absolute Gasteiger partial charge is 0.389 e. The minimum Gasteiger partial charge on any atom is -0.469 e. The molecule has 1 rings (SSSR count). The zero-order valence-corrected chi connectivity index (χ0v) is 10.3. The fraction of sp³-hybridized carbons (Fsp3) is 0.818. The van der Waals surface area contributed by atoms with Crippen LogP contribution in [0.25, 0.3) is 0 Å². The van der Waals surface area contributed by atoms with Crippen LogP contribution in [0.3, 0.4) is 0 Å². The molecule has 0 saturated carbocycles. The van der Waals surface area contributed by atoms with Crippen molar-refractivity contribution in [1.29, 1.82) is 0 Å². The van der Waals surface area contributed by atoms with Crippen LogP contribution in [0.4, 0.5) is 13.2 Å². The minimum absolute atomic E-state index is 0.121. The van der Waals surface area contributed by atoms with Crippen LogP contribution in [-0.4, -0.2) is 43.2 Å². The van der Waals surface area contributed by atoms with Crippen molar-refractivity contribution in [2.75, 3.05) is 20.2 Å². The number of ether oxygens (including phenoxy) is 1. The minimum atomic E-state index is -4.33. The van der Waals surface area contributed by atoms with Gasteiger partial charge in [0, 0.05) is 19.5 Å². The van der Waals surface area contributed by atoms with Crippen LogP contribution in [0.15, 0.2) is 0 Å². The summed E-state index contributed by atoms with van der Waals surface area (Å²) in [6.45, 7) is 2.06. The molecule has 1 fully saturated rings. The number of methoxy groups -OCH3 is 1. The summed E-state index contributed by atoms with van der Waals surface area (Å²) in [5.74, 6) is -1.01. The van der Waals surface area contributed by atoms with Crippen molar-refractivity contribution in [3.05, 3.63) is 0 Å². The summed E-state index contributed by atoms with van der Waals surface area (Å²) < 4.78 is 40.6. The second-order valence-corrected chi connectivity index (χ2v) is 4.73. The number of likely N-dealkylation sites (tertiary alicyclic amines) is 1. The molecule has 7 heteroatoms. The van der Waals surface area contributed by atoms with Gasteiger partial charge in [-0.05, 0) is 13.3 Å². The largest absolute Gasteiger partial charge is 0.469 e. The van der Waals surface area contributed by atoms with Crippen molar-refractivity contribution in [2.24, 2.45) is 5.41 Å². The fourth-order valence-electron chi connectivity index (χ4n) is 1.99. The number of hydrogen-bond acceptors (Lipinski definition) is 3. The first kappa shape index (κ1) is 14.8. The van der Waals surface area contributed by atoms with E-state index in [1.165, 1.54) is 12.0 Å². The summed E-state index contributed by atoms with van der Waals surface area (Å²) in [6, 6.07) is 0. The van der Waals surface area contributed by atoms with Crippen LogP contribution in [-0.2, 0) is 14.3 Å². The molecule has 0 radical (unpaired) electrons. The van der Waals surface area contributed by atoms with E-state index in [-0.39, 0.29) is 6.54 Å². The summed E-state index contributed by atoms with van der Waals surface area (Å²) in [5, 5.41) is 0. The van der Waals surface area contributed by atoms with Crippen LogP contribution in [0, 0.1) is 5.41 Å². The van der Waals surface area contributed by atoms with E-state index in [1.54, 1.807) is 6.92 Å². The lowest BCUT2D eigenvalue weighted by atomic mass is 9.90. The summed E-state index contributed by atoms with van der Waals surface area (Å²) in [6.07, 6.45) is -5.61. The second-order valence-electron chi connectivity index (χ2n) is 4.73. The Kier molecular flexibility index (Phi) is 4.24. The molecule has 0 aromatic carbocycles. The molecular weight excluding hydrogens is 251 g/mol. The molecule has 104 valence electrons. The highest BCUT2D eigenvalue weighted by Gasteiger charge is 2.43. The normalized spacial score (nSPS) is 24.2. The van der Waals surface area contributed by atoms with E-state index in [0.29, 0.717) is 13.0 Å². The number of alkyl halides is 3. The highest BCUT2D eigenvalue weighted by Crippen LogP contribution is 2.32. The van der Waals surface area contributed by atoms with Gasteiger partial charge in [-0.25, -0.2) is 0 Å². The number of amides is 1. The van der Waals surface area contributed by atoms with Crippen molar-refractivity contribution in [2.45, 2.75) is 32.4 Å². The highest BCUT2D eigenvalue weighted by molar-refractivity contribution is 5.81. The third-order valence-electron chi connectivity index (χ3n) is 3.13. The number of nitrogens with zero attached hydrogens (tertiary/aromatic N) is 1. The van der Waals surface area contributed by atoms with E-state index < -0.39 is 36.3 Å². The summed E-state index contributed by atoms with van der Waals surface area (Å²) >= 11 is 0. The van der Waals surface area contributed by atoms with Gasteiger partial charge in [-0.15, -0.1) is 0 Å². The lowest BCUT2D eigenvalue weighted by Crippen LogP contribution is -2.35. The third kappa shape index (κ3) is 3.61. The molecule has 18 heavy (non-hydrogen) atoms. The zero-order valence-electron chi connectivity index (χ0n) is 10.3. The van der Waals surface area contributed by atoms with Crippen LogP contribution >= 0.6 is 0 Å². The van der Waals surface area contributed by atoms with Crippen LogP contribution in [0.2, 0.25) is 0 Å². The number of carbonyl (C=O) groups is 2. The van der Waals surface area contributed by atoms with Crippen LogP contribution in [0.5, 0.6) is 0 Å². The summed E-state index contributed by atoms with van der Waals surface area (Å²) in [7, 11) is 1.25. The number of carbonyl (C=O) groups excluding carboxylic acids is 2. The first-order valence-electron chi connectivity index (χ1n) is 5.61. The number of halogens is 3. The molecule has 1 amide bonds. The maximum atomic E-state index is 12.0. The van der Waals surface area contributed by atoms with Gasteiger partial charge in [-0.2, -0.15) is 13.2 Å². The maximum absolute atomic E-state index is 12.0. The molecule has 4 nitrogen and oxygen atoms in total. The van der Waals surface area contributed by atoms with Crippen molar-refractivity contribution < 1.29 is 27.5 Å². The molecular formula is C11H16F3NO3. The number of esters is 1. The van der Waals surface area contributed by atoms with E-state index in [0.717, 1.165) is 0 Å². The first-order valence-corrected chi connectivity index (χ1v) is 5.61. The molecule has 1 atom stereocenters. The molecule has 0 aliphatic carbocycles. The Morgan fingerprint density at radius 3 is 2.50 bits per heavy atom. The van der Waals surface area contributed by atoms with Gasteiger partial charge in [0.15, 0.2) is 0 Å². The van der Waals surface area contributed by atoms with E-state index in [9.17, 15) is 22.8 Å². The standard InChI is InChI=1S/C11H16F3NO3/c1-10(9(17)18-2)5-6-15(7-10)8(16)3-4-11(12,13)14/h3-7H2,1-2H3/t10-/m1/s1. The van der Waals surface area contributed by atoms with Gasteiger partial charge < -0.3 is 9.64 Å². The first-order chi connectivity index (χ1) is 8.18. The topological polar surface area (TPSA) is 46.6 Å². The predicted molar refractivity (Wildman–Crippen MR) is 56.6 cm³/mol. The van der Waals surface area contributed by atoms with Gasteiger partial charge in [0.2, 0.25) is 5.91 Å². The predicted octanol–water partition coefficient (Wildman–Crippen LogP) is 1.74. The Hall–Kier alpha value is -1.27. The van der Waals surface area contributed by atoms with E-state index in [1.807, 2.05) is 0 Å². The molecule has 0 N–H and O–H groups in total. The lowest BCUT2D eigenvalue weighted by molar-refractivity contribution is -0.153. The Morgan fingerprint density at radius 2 is 2.00 bits per heavy atom. The van der Waals surface area contributed by atoms with Gasteiger partial charge in [0.25, 0.3) is 0 Å². The van der Waals surface area contributed by atoms with Gasteiger partial charge in [-0.3, -0.25) is 9.59 Å². The molecule has 0 unspecified atom stereocenters. The molecule has 1 saturated heterocycles. The van der Waals surface area contributed by atoms with Gasteiger partial charge >= 0.3 is 12.1 Å². The van der Waals surface area contributed by atoms with Gasteiger partial charge in [-0.1, -0.05) is 0 Å². The van der Waals surface area contributed by atoms with Crippen molar-refractivity contribution in [3.63, 3.8) is 0 Å². The molecule has 1 aliphatic rings. The average Bonchev–Trinajstić information content (AvgIpc) is 2.68. The molecule has 0 aromatic heterocycles. The Bertz CT molecular complexity index is 343. The quantitative estimate of drug-likeness (QED) is 0.732. The number of hydrogen-bond donors (Lipinski definition) is 0. The maximum Gasteiger partial charge on any atom is 0.389 e. The SMILES string of the molecule is COC(=O)[C@]1(C)CCN(C(=O)CCC(F)(F)F)C1. The van der Waals surface area contributed by atoms with Crippen molar-refractivity contribution in [1.82, 2.24) is 4.90 Å².